The number of hydrogen-bond acceptors (Lipinski definition) is 3. The van der Waals surface area contributed by atoms with Gasteiger partial charge in [0.25, 0.3) is 0 Å². The quantitative estimate of drug-likeness (QED) is 0.137. The molecule has 0 N–H and O–H groups in total. The number of allylic oxidation sites excluding steroid dienone is 5. The molecule has 0 aliphatic heterocycles. The number of para-hydroxylation sites is 1. The minimum atomic E-state index is -0.655. The fourth-order valence-electron chi connectivity index (χ4n) is 11.1. The number of fused-ring (bicyclic) bond motifs is 6. The first-order valence-electron chi connectivity index (χ1n) is 24.5. The van der Waals surface area contributed by atoms with E-state index in [1.54, 1.807) is 14.2 Å². The first kappa shape index (κ1) is 44.1. The maximum Gasteiger partial charge on any atom is 0.119 e. The van der Waals surface area contributed by atoms with Gasteiger partial charge in [-0.15, -0.1) is 0 Å². The van der Waals surface area contributed by atoms with Gasteiger partial charge in [0.15, 0.2) is 0 Å². The summed E-state index contributed by atoms with van der Waals surface area (Å²) in [5.74, 6) is 1.62. The van der Waals surface area contributed by atoms with Gasteiger partial charge in [0.05, 0.1) is 30.7 Å². The zero-order chi connectivity index (χ0) is 48.6. The van der Waals surface area contributed by atoms with Gasteiger partial charge in [-0.2, -0.15) is 0 Å². The van der Waals surface area contributed by atoms with E-state index in [-0.39, 0.29) is 0 Å². The molecule has 0 radical (unpaired) electrons. The van der Waals surface area contributed by atoms with E-state index < -0.39 is 5.41 Å². The first-order chi connectivity index (χ1) is 35.5. The molecule has 0 fully saturated rings. The lowest BCUT2D eigenvalue weighted by Gasteiger charge is -2.38. The van der Waals surface area contributed by atoms with Crippen LogP contribution in [0, 0.1) is 0 Å². The van der Waals surface area contributed by atoms with Crippen molar-refractivity contribution in [3.05, 3.63) is 289 Å². The summed E-state index contributed by atoms with van der Waals surface area (Å²) in [6.45, 7) is 4.87. The van der Waals surface area contributed by atoms with Crippen LogP contribution in [0.2, 0.25) is 0 Å². The number of aromatic nitrogens is 1. The molecule has 0 spiro atoms. The zero-order valence-corrected chi connectivity index (χ0v) is 40.4. The Hall–Kier alpha value is -9.12. The van der Waals surface area contributed by atoms with E-state index in [0.29, 0.717) is 0 Å². The zero-order valence-electron chi connectivity index (χ0n) is 40.4. The molecule has 1 aliphatic rings. The molecule has 4 nitrogen and oxygen atoms in total. The third-order valence-electron chi connectivity index (χ3n) is 14.5. The number of rotatable bonds is 10. The van der Waals surface area contributed by atoms with E-state index in [0.717, 1.165) is 74.0 Å². The molecule has 1 aliphatic carbocycles. The van der Waals surface area contributed by atoms with Crippen molar-refractivity contribution < 1.29 is 9.47 Å². The maximum atomic E-state index is 5.52. The minimum absolute atomic E-state index is 0.655. The molecule has 12 rings (SSSR count). The fraction of sp³-hybridized carbons (Fsp3) is 0.0588. The summed E-state index contributed by atoms with van der Waals surface area (Å²) >= 11 is 0. The van der Waals surface area contributed by atoms with Crippen LogP contribution in [-0.4, -0.2) is 18.8 Å². The molecule has 0 unspecified atom stereocenters. The van der Waals surface area contributed by atoms with E-state index >= 15 is 0 Å². The topological polar surface area (TPSA) is 26.6 Å². The van der Waals surface area contributed by atoms with Crippen LogP contribution in [0.25, 0.3) is 60.5 Å². The number of ether oxygens (including phenoxy) is 2. The van der Waals surface area contributed by atoms with E-state index in [1.807, 2.05) is 24.3 Å². The normalized spacial score (nSPS) is 14.0. The molecule has 4 heteroatoms. The predicted molar refractivity (Wildman–Crippen MR) is 301 cm³/mol. The smallest absolute Gasteiger partial charge is 0.119 e. The third-order valence-corrected chi connectivity index (χ3v) is 14.5. The molecule has 1 aromatic heterocycles. The number of methoxy groups -OCH3 is 2. The number of hydrogen-bond donors (Lipinski definition) is 0. The van der Waals surface area contributed by atoms with Gasteiger partial charge < -0.3 is 18.9 Å². The molecule has 0 saturated carbocycles. The van der Waals surface area contributed by atoms with Crippen molar-refractivity contribution in [1.29, 1.82) is 0 Å². The minimum Gasteiger partial charge on any atom is -0.497 e. The van der Waals surface area contributed by atoms with Crippen molar-refractivity contribution in [3.8, 4) is 39.4 Å². The van der Waals surface area contributed by atoms with E-state index in [9.17, 15) is 0 Å². The number of benzene rings is 10. The maximum absolute atomic E-state index is 5.52. The molecule has 11 aromatic rings. The Bertz CT molecular complexity index is 3760. The standard InChI is InChI=1S/C68H52N2O2/c1-47-18-7-4-8-19-50-34-35-57(45-64(50)68(47,52-21-9-5-10-22-52)53-23-11-6-12-24-53)70-65-29-16-15-28-62(65)67-61-27-14-13-26-60(61)63(46-66(67)70)49-32-30-48(31-33-49)51-20-17-25-56(44-51)69(54-36-40-58(71-2)41-37-54)55-38-42-59(72-3)43-39-55/h4-18,20-46H,1,19H2,2-3H3/b8-4-,18-7-. The summed E-state index contributed by atoms with van der Waals surface area (Å²) in [6, 6.07) is 83.3. The summed E-state index contributed by atoms with van der Waals surface area (Å²) in [5, 5.41) is 4.91. The Balaban J connectivity index is 1.01. The van der Waals surface area contributed by atoms with E-state index in [1.165, 1.54) is 49.4 Å². The lowest BCUT2D eigenvalue weighted by Crippen LogP contribution is -2.32. The monoisotopic (exact) mass is 928 g/mol. The van der Waals surface area contributed by atoms with Gasteiger partial charge >= 0.3 is 0 Å². The molecular weight excluding hydrogens is 877 g/mol. The van der Waals surface area contributed by atoms with Gasteiger partial charge in [0, 0.05) is 33.5 Å². The second-order valence-electron chi connectivity index (χ2n) is 18.4. The van der Waals surface area contributed by atoms with Crippen LogP contribution in [0.5, 0.6) is 11.5 Å². The van der Waals surface area contributed by atoms with Crippen LogP contribution >= 0.6 is 0 Å². The Morgan fingerprint density at radius 2 is 1.07 bits per heavy atom. The van der Waals surface area contributed by atoms with Crippen molar-refractivity contribution in [2.45, 2.75) is 11.8 Å². The molecule has 72 heavy (non-hydrogen) atoms. The summed E-state index contributed by atoms with van der Waals surface area (Å²) in [5.41, 5.74) is 16.3. The summed E-state index contributed by atoms with van der Waals surface area (Å²) in [4.78, 5) is 2.26. The van der Waals surface area contributed by atoms with Crippen LogP contribution in [0.1, 0.15) is 22.3 Å². The van der Waals surface area contributed by atoms with Gasteiger partial charge in [-0.3, -0.25) is 0 Å². The van der Waals surface area contributed by atoms with Crippen molar-refractivity contribution in [2.75, 3.05) is 19.1 Å². The van der Waals surface area contributed by atoms with Crippen LogP contribution in [-0.2, 0) is 11.8 Å². The number of anilines is 3. The highest BCUT2D eigenvalue weighted by molar-refractivity contribution is 6.24. The fourth-order valence-corrected chi connectivity index (χ4v) is 11.1. The Morgan fingerprint density at radius 3 is 1.72 bits per heavy atom. The summed E-state index contributed by atoms with van der Waals surface area (Å²) in [7, 11) is 3.39. The molecule has 0 amide bonds. The molecule has 346 valence electrons. The molecule has 0 atom stereocenters. The molecular formula is C68H52N2O2. The first-order valence-corrected chi connectivity index (χ1v) is 24.5. The molecule has 1 heterocycles. The molecule has 0 saturated heterocycles. The van der Waals surface area contributed by atoms with E-state index in [4.69, 9.17) is 16.1 Å². The van der Waals surface area contributed by atoms with Crippen molar-refractivity contribution in [1.82, 2.24) is 4.57 Å². The van der Waals surface area contributed by atoms with Crippen molar-refractivity contribution in [2.24, 2.45) is 0 Å². The van der Waals surface area contributed by atoms with Crippen LogP contribution in [0.3, 0.4) is 0 Å². The Labute approximate surface area is 421 Å². The summed E-state index contributed by atoms with van der Waals surface area (Å²) < 4.78 is 13.5. The predicted octanol–water partition coefficient (Wildman–Crippen LogP) is 17.3. The largest absolute Gasteiger partial charge is 0.497 e. The highest BCUT2D eigenvalue weighted by Crippen LogP contribution is 2.49. The van der Waals surface area contributed by atoms with Gasteiger partial charge in [-0.05, 0) is 152 Å². The number of nitrogens with zero attached hydrogens (tertiary/aromatic N) is 2. The van der Waals surface area contributed by atoms with E-state index in [2.05, 4.69) is 240 Å². The average molecular weight is 929 g/mol. The Morgan fingerprint density at radius 1 is 0.472 bits per heavy atom. The van der Waals surface area contributed by atoms with Crippen LogP contribution in [0.4, 0.5) is 17.1 Å². The van der Waals surface area contributed by atoms with Gasteiger partial charge in [-0.1, -0.05) is 176 Å². The van der Waals surface area contributed by atoms with Crippen LogP contribution in [0.15, 0.2) is 267 Å². The van der Waals surface area contributed by atoms with Gasteiger partial charge in [0.2, 0.25) is 0 Å². The lowest BCUT2D eigenvalue weighted by atomic mass is 9.63. The van der Waals surface area contributed by atoms with Gasteiger partial charge in [-0.25, -0.2) is 0 Å². The second kappa shape index (κ2) is 18.7. The van der Waals surface area contributed by atoms with Crippen molar-refractivity contribution in [3.63, 3.8) is 0 Å². The highest BCUT2D eigenvalue weighted by Gasteiger charge is 2.40. The Kier molecular flexibility index (Phi) is 11.4. The van der Waals surface area contributed by atoms with Gasteiger partial charge in [0.1, 0.15) is 11.5 Å². The van der Waals surface area contributed by atoms with Crippen LogP contribution < -0.4 is 14.4 Å². The third kappa shape index (κ3) is 7.56. The SMILES string of the molecule is C=C1/C=C\C=C/Cc2ccc(-n3c4ccccc4c4c5ccccc5c(-c5ccc(-c6cccc(N(c7ccc(OC)cc7)c7ccc(OC)cc7)c6)cc5)cc43)cc2C1(c1ccccc1)c1ccccc1. The highest BCUT2D eigenvalue weighted by atomic mass is 16.5. The summed E-state index contributed by atoms with van der Waals surface area (Å²) in [6.07, 6.45) is 9.54. The molecule has 10 aromatic carbocycles. The molecule has 0 bridgehead atoms. The van der Waals surface area contributed by atoms with Crippen molar-refractivity contribution >= 4 is 49.6 Å². The second-order valence-corrected chi connectivity index (χ2v) is 18.4. The lowest BCUT2D eigenvalue weighted by molar-refractivity contribution is 0.415. The average Bonchev–Trinajstić information content (AvgIpc) is 3.81.